The average Bonchev–Trinajstić information content (AvgIpc) is 2.20. The number of unbranched alkanes of at least 4 members (excludes halogenated alkanes) is 9. The van der Waals surface area contributed by atoms with E-state index in [2.05, 4.69) is 32.3 Å². The first-order valence-corrected chi connectivity index (χ1v) is 21.3. The van der Waals surface area contributed by atoms with Crippen molar-refractivity contribution in [1.82, 2.24) is 0 Å². The molecule has 0 unspecified atom stereocenters. The third kappa shape index (κ3) is 15.8. The zero-order chi connectivity index (χ0) is 11.4. The van der Waals surface area contributed by atoms with Crippen LogP contribution in [0.5, 0.6) is 0 Å². The Balaban J connectivity index is 2.87. The molecule has 0 N–H and O–H groups in total. The van der Waals surface area contributed by atoms with Crippen LogP contribution in [0.15, 0.2) is 0 Å². The molecule has 0 saturated heterocycles. The van der Waals surface area contributed by atoms with Crippen molar-refractivity contribution < 1.29 is 0 Å². The molecule has 0 spiro atoms. The van der Waals surface area contributed by atoms with Crippen LogP contribution in [-0.2, 0) is 0 Å². The van der Waals surface area contributed by atoms with Crippen LogP contribution in [0.3, 0.4) is 0 Å². The van der Waals surface area contributed by atoms with Crippen molar-refractivity contribution in [3.05, 3.63) is 0 Å². The summed E-state index contributed by atoms with van der Waals surface area (Å²) in [6.45, 7) is 2.28. The Morgan fingerprint density at radius 2 is 1.07 bits per heavy atom. The second kappa shape index (κ2) is 13.8. The molecule has 91 valence electrons. The molecule has 0 rings (SSSR count). The second-order valence-corrected chi connectivity index (χ2v) is 27.6. The fraction of sp³-hybridized carbons (Fsp3) is 1.00. The fourth-order valence-corrected chi connectivity index (χ4v) is 6.98. The molecule has 0 heterocycles. The van der Waals surface area contributed by atoms with E-state index >= 15 is 0 Å². The van der Waals surface area contributed by atoms with Crippen molar-refractivity contribution in [2.75, 3.05) is 0 Å². The van der Waals surface area contributed by atoms with Gasteiger partial charge in [-0.2, -0.15) is 0 Å². The summed E-state index contributed by atoms with van der Waals surface area (Å²) in [6, 6.07) is 0. The summed E-state index contributed by atoms with van der Waals surface area (Å²) in [5, 5.41) is 0. The average molecular weight is 448 g/mol. The third-order valence-electron chi connectivity index (χ3n) is 2.72. The van der Waals surface area contributed by atoms with E-state index in [4.69, 9.17) is 0 Å². The van der Waals surface area contributed by atoms with Crippen molar-refractivity contribution in [2.45, 2.75) is 75.6 Å². The first-order chi connectivity index (χ1) is 7.27. The van der Waals surface area contributed by atoms with Crippen LogP contribution in [0, 0.1) is 0 Å². The molecule has 0 saturated carbocycles. The van der Waals surface area contributed by atoms with Crippen molar-refractivity contribution >= 4 is 40.7 Å². The second-order valence-electron chi connectivity index (χ2n) is 4.27. The van der Waals surface area contributed by atoms with Gasteiger partial charge in [0.05, 0.1) is 0 Å². The molecule has 0 amide bonds. The molecule has 0 nitrogen and oxygen atoms in total. The molecule has 0 aromatic carbocycles. The van der Waals surface area contributed by atoms with Crippen LogP contribution in [0.4, 0.5) is 0 Å². The van der Waals surface area contributed by atoms with Crippen LogP contribution in [0.2, 0.25) is 4.44 Å². The number of rotatable bonds is 11. The van der Waals surface area contributed by atoms with E-state index in [1.807, 2.05) is 0 Å². The van der Waals surface area contributed by atoms with Gasteiger partial charge in [-0.3, -0.25) is 0 Å². The zero-order valence-electron chi connectivity index (χ0n) is 10.0. The molecule has 0 fully saturated rings. The molecule has 0 bridgehead atoms. The van der Waals surface area contributed by atoms with Crippen LogP contribution >= 0.6 is 25.4 Å². The van der Waals surface area contributed by atoms with E-state index in [1.165, 1.54) is 68.6 Å². The molecule has 0 aliphatic rings. The normalized spacial score (nSPS) is 11.2. The van der Waals surface area contributed by atoms with Crippen molar-refractivity contribution in [1.29, 1.82) is 0 Å². The number of halogens is 2. The summed E-state index contributed by atoms with van der Waals surface area (Å²) >= 11 is 6.31. The summed E-state index contributed by atoms with van der Waals surface area (Å²) in [4.78, 5) is 0. The molecule has 0 aromatic rings. The van der Waals surface area contributed by atoms with Gasteiger partial charge in [-0.25, -0.2) is 0 Å². The van der Waals surface area contributed by atoms with Crippen LogP contribution < -0.4 is 0 Å². The van der Waals surface area contributed by atoms with Gasteiger partial charge in [0.1, 0.15) is 0 Å². The van der Waals surface area contributed by atoms with E-state index < -0.39 is 15.3 Å². The Morgan fingerprint density at radius 3 is 1.47 bits per heavy atom. The van der Waals surface area contributed by atoms with Gasteiger partial charge < -0.3 is 0 Å². The standard InChI is InChI=1S/C12H25.2BrH.Sn/c1-3-5-7-9-11-12-10-8-6-4-2;;;/h1,3-12H2,2H3;2*1H;/q;;;+2/p-2. The molecular weight excluding hydrogens is 423 g/mol. The van der Waals surface area contributed by atoms with Crippen molar-refractivity contribution in [3.63, 3.8) is 0 Å². The Morgan fingerprint density at radius 1 is 0.667 bits per heavy atom. The van der Waals surface area contributed by atoms with Gasteiger partial charge in [0.25, 0.3) is 0 Å². The molecule has 1 radical (unpaired) electrons. The molecule has 0 aliphatic carbocycles. The molecule has 15 heavy (non-hydrogen) atoms. The molecule has 0 aliphatic heterocycles. The summed E-state index contributed by atoms with van der Waals surface area (Å²) in [7, 11) is 0. The van der Waals surface area contributed by atoms with Crippen LogP contribution in [-0.4, -0.2) is 15.3 Å². The first-order valence-electron chi connectivity index (χ1n) is 6.44. The van der Waals surface area contributed by atoms with Gasteiger partial charge in [0.2, 0.25) is 0 Å². The van der Waals surface area contributed by atoms with E-state index in [9.17, 15) is 0 Å². The van der Waals surface area contributed by atoms with Gasteiger partial charge in [-0.1, -0.05) is 0 Å². The van der Waals surface area contributed by atoms with Gasteiger partial charge in [0.15, 0.2) is 0 Å². The SMILES string of the molecule is CCCCCCCCCCC[CH2][Sn]([Br])[Br]. The molecule has 3 heteroatoms. The number of hydrogen-bond acceptors (Lipinski definition) is 0. The first kappa shape index (κ1) is 16.8. The maximum atomic E-state index is 3.71. The van der Waals surface area contributed by atoms with Crippen molar-refractivity contribution in [3.8, 4) is 0 Å². The minimum absolute atomic E-state index is 1.10. The van der Waals surface area contributed by atoms with Gasteiger partial charge in [0, 0.05) is 0 Å². The van der Waals surface area contributed by atoms with E-state index in [0.717, 1.165) is 0 Å². The molecule has 0 atom stereocenters. The molecule has 0 aromatic heterocycles. The Hall–Kier alpha value is 1.76. The van der Waals surface area contributed by atoms with E-state index in [1.54, 1.807) is 0 Å². The Bertz CT molecular complexity index is 118. The van der Waals surface area contributed by atoms with Gasteiger partial charge >= 0.3 is 116 Å². The van der Waals surface area contributed by atoms with Gasteiger partial charge in [-0.15, -0.1) is 0 Å². The summed E-state index contributed by atoms with van der Waals surface area (Å²) in [6.07, 6.45) is 14.5. The third-order valence-corrected chi connectivity index (χ3v) is 10.1. The monoisotopic (exact) mass is 447 g/mol. The van der Waals surface area contributed by atoms with Crippen molar-refractivity contribution in [2.24, 2.45) is 0 Å². The Labute approximate surface area is 115 Å². The fourth-order valence-electron chi connectivity index (χ4n) is 1.75. The van der Waals surface area contributed by atoms with E-state index in [-0.39, 0.29) is 0 Å². The quantitative estimate of drug-likeness (QED) is 0.262. The zero-order valence-corrected chi connectivity index (χ0v) is 16.1. The van der Waals surface area contributed by atoms with Crippen LogP contribution in [0.1, 0.15) is 71.1 Å². The maximum absolute atomic E-state index is 3.71. The Kier molecular flexibility index (Phi) is 15.4. The summed E-state index contributed by atoms with van der Waals surface area (Å²) in [5.41, 5.74) is 0. The molecular formula is C12H25Br2Sn. The van der Waals surface area contributed by atoms with Crippen LogP contribution in [0.25, 0.3) is 0 Å². The minimum atomic E-state index is -1.10. The van der Waals surface area contributed by atoms with Gasteiger partial charge in [-0.05, 0) is 0 Å². The van der Waals surface area contributed by atoms with E-state index in [0.29, 0.717) is 0 Å². The predicted octanol–water partition coefficient (Wildman–Crippen LogP) is 6.19. The predicted molar refractivity (Wildman–Crippen MR) is 80.3 cm³/mol. The summed E-state index contributed by atoms with van der Waals surface area (Å²) < 4.78 is 1.46. The number of hydrogen-bond donors (Lipinski definition) is 0. The topological polar surface area (TPSA) is 0 Å². The summed E-state index contributed by atoms with van der Waals surface area (Å²) in [5.74, 6) is 0.